The van der Waals surface area contributed by atoms with Crippen LogP contribution in [0.3, 0.4) is 0 Å². The van der Waals surface area contributed by atoms with Crippen molar-refractivity contribution in [1.29, 1.82) is 0 Å². The molecular formula is C14H17F2N3O. The van der Waals surface area contributed by atoms with Gasteiger partial charge >= 0.3 is 0 Å². The van der Waals surface area contributed by atoms with Crippen molar-refractivity contribution in [1.82, 2.24) is 5.32 Å². The van der Waals surface area contributed by atoms with Crippen molar-refractivity contribution in [2.24, 2.45) is 5.10 Å². The van der Waals surface area contributed by atoms with Crippen LogP contribution in [-0.2, 0) is 4.74 Å². The van der Waals surface area contributed by atoms with Gasteiger partial charge in [-0.15, -0.1) is 5.10 Å². The van der Waals surface area contributed by atoms with Gasteiger partial charge in [0.05, 0.1) is 12.1 Å². The first-order valence-corrected chi connectivity index (χ1v) is 6.33. The van der Waals surface area contributed by atoms with E-state index in [4.69, 9.17) is 4.74 Å². The lowest BCUT2D eigenvalue weighted by Crippen LogP contribution is -2.32. The van der Waals surface area contributed by atoms with Crippen LogP contribution < -0.4 is 10.3 Å². The number of alkyl halides is 2. The summed E-state index contributed by atoms with van der Waals surface area (Å²) in [5, 5.41) is 9.05. The third kappa shape index (κ3) is 3.26. The molecule has 1 heterocycles. The number of para-hydroxylation sites is 1. The summed E-state index contributed by atoms with van der Waals surface area (Å²) in [4.78, 5) is 0. The predicted molar refractivity (Wildman–Crippen MR) is 74.7 cm³/mol. The number of rotatable bonds is 4. The monoisotopic (exact) mass is 281 g/mol. The second-order valence-corrected chi connectivity index (χ2v) is 4.40. The highest BCUT2D eigenvalue weighted by Crippen LogP contribution is 2.25. The summed E-state index contributed by atoms with van der Waals surface area (Å²) < 4.78 is 29.5. The summed E-state index contributed by atoms with van der Waals surface area (Å²) in [5.74, 6) is 1.13. The molecule has 1 aliphatic rings. The summed E-state index contributed by atoms with van der Waals surface area (Å²) in [5.41, 5.74) is 1.82. The maximum absolute atomic E-state index is 12.2. The normalized spacial score (nSPS) is 15.4. The summed E-state index contributed by atoms with van der Waals surface area (Å²) in [6.45, 7) is 1.28. The van der Waals surface area contributed by atoms with Crippen molar-refractivity contribution in [3.05, 3.63) is 41.7 Å². The average Bonchev–Trinajstić information content (AvgIpc) is 2.45. The molecule has 0 saturated heterocycles. The Morgan fingerprint density at radius 2 is 2.05 bits per heavy atom. The lowest BCUT2D eigenvalue weighted by atomic mass is 10.2. The molecule has 0 atom stereocenters. The van der Waals surface area contributed by atoms with Gasteiger partial charge in [0.1, 0.15) is 5.82 Å². The standard InChI is InChI=1S/C14H17F2N3O/c1-10-8-13(20-9-12(15)16)18-19(14(10)17-2)11-6-4-3-5-7-11/h3-7,12,17H,8-9H2,1-2H3. The minimum atomic E-state index is -2.50. The lowest BCUT2D eigenvalue weighted by molar-refractivity contribution is 0.0746. The summed E-state index contributed by atoms with van der Waals surface area (Å²) in [6.07, 6.45) is -2.08. The number of hydrogen-bond acceptors (Lipinski definition) is 4. The molecule has 0 fully saturated rings. The van der Waals surface area contributed by atoms with Crippen molar-refractivity contribution in [2.75, 3.05) is 18.7 Å². The molecule has 0 radical (unpaired) electrons. The molecular weight excluding hydrogens is 264 g/mol. The van der Waals surface area contributed by atoms with Gasteiger partial charge in [-0.2, -0.15) is 0 Å². The summed E-state index contributed by atoms with van der Waals surface area (Å²) in [6, 6.07) is 9.47. The highest BCUT2D eigenvalue weighted by molar-refractivity contribution is 5.82. The molecule has 20 heavy (non-hydrogen) atoms. The molecule has 0 amide bonds. The molecule has 0 saturated carbocycles. The maximum Gasteiger partial charge on any atom is 0.272 e. The first kappa shape index (κ1) is 14.3. The SMILES string of the molecule is CNC1=C(C)CC(OCC(F)F)=NN1c1ccccc1. The molecule has 0 spiro atoms. The Balaban J connectivity index is 2.26. The largest absolute Gasteiger partial charge is 0.473 e. The highest BCUT2D eigenvalue weighted by atomic mass is 19.3. The van der Waals surface area contributed by atoms with Crippen LogP contribution in [0, 0.1) is 0 Å². The molecule has 1 N–H and O–H groups in total. The van der Waals surface area contributed by atoms with Gasteiger partial charge in [0, 0.05) is 7.05 Å². The van der Waals surface area contributed by atoms with Gasteiger partial charge in [-0.1, -0.05) is 18.2 Å². The third-order valence-electron chi connectivity index (χ3n) is 2.86. The Labute approximate surface area is 116 Å². The first-order valence-electron chi connectivity index (χ1n) is 6.33. The van der Waals surface area contributed by atoms with Crippen LogP contribution in [-0.4, -0.2) is 26.0 Å². The highest BCUT2D eigenvalue weighted by Gasteiger charge is 2.22. The Hall–Kier alpha value is -2.11. The Morgan fingerprint density at radius 1 is 1.35 bits per heavy atom. The van der Waals surface area contributed by atoms with Crippen molar-refractivity contribution in [2.45, 2.75) is 19.8 Å². The van der Waals surface area contributed by atoms with Crippen molar-refractivity contribution >= 4 is 11.6 Å². The number of nitrogens with one attached hydrogen (secondary N) is 1. The fourth-order valence-corrected chi connectivity index (χ4v) is 2.00. The van der Waals surface area contributed by atoms with E-state index in [0.29, 0.717) is 12.3 Å². The zero-order valence-corrected chi connectivity index (χ0v) is 11.4. The number of anilines is 1. The molecule has 0 aliphatic carbocycles. The van der Waals surface area contributed by atoms with E-state index in [0.717, 1.165) is 17.1 Å². The average molecular weight is 281 g/mol. The topological polar surface area (TPSA) is 36.9 Å². The summed E-state index contributed by atoms with van der Waals surface area (Å²) in [7, 11) is 1.80. The van der Waals surface area contributed by atoms with E-state index in [1.165, 1.54) is 0 Å². The lowest BCUT2D eigenvalue weighted by Gasteiger charge is -2.29. The first-order chi connectivity index (χ1) is 9.61. The Bertz CT molecular complexity index is 514. The second-order valence-electron chi connectivity index (χ2n) is 4.40. The number of nitrogens with zero attached hydrogens (tertiary/aromatic N) is 2. The number of benzene rings is 1. The molecule has 0 aromatic heterocycles. The quantitative estimate of drug-likeness (QED) is 0.922. The van der Waals surface area contributed by atoms with Crippen LogP contribution in [0.25, 0.3) is 0 Å². The maximum atomic E-state index is 12.2. The number of ether oxygens (including phenoxy) is 1. The van der Waals surface area contributed by atoms with E-state index in [1.54, 1.807) is 12.1 Å². The van der Waals surface area contributed by atoms with Crippen molar-refractivity contribution in [3.8, 4) is 0 Å². The van der Waals surface area contributed by atoms with E-state index in [-0.39, 0.29) is 0 Å². The summed E-state index contributed by atoms with van der Waals surface area (Å²) >= 11 is 0. The molecule has 1 aliphatic heterocycles. The zero-order chi connectivity index (χ0) is 14.5. The Morgan fingerprint density at radius 3 is 2.65 bits per heavy atom. The molecule has 4 nitrogen and oxygen atoms in total. The smallest absolute Gasteiger partial charge is 0.272 e. The fraction of sp³-hybridized carbons (Fsp3) is 0.357. The van der Waals surface area contributed by atoms with Crippen LogP contribution >= 0.6 is 0 Å². The van der Waals surface area contributed by atoms with E-state index < -0.39 is 13.0 Å². The third-order valence-corrected chi connectivity index (χ3v) is 2.86. The van der Waals surface area contributed by atoms with Gasteiger partial charge < -0.3 is 10.1 Å². The van der Waals surface area contributed by atoms with E-state index in [9.17, 15) is 8.78 Å². The van der Waals surface area contributed by atoms with Crippen molar-refractivity contribution in [3.63, 3.8) is 0 Å². The van der Waals surface area contributed by atoms with Crippen LogP contribution in [0.15, 0.2) is 46.8 Å². The van der Waals surface area contributed by atoms with E-state index in [1.807, 2.05) is 37.3 Å². The van der Waals surface area contributed by atoms with Gasteiger partial charge in [-0.25, -0.2) is 13.8 Å². The minimum absolute atomic E-state index is 0.297. The Kier molecular flexibility index (Phi) is 4.55. The molecule has 108 valence electrons. The number of halogens is 2. The van der Waals surface area contributed by atoms with Crippen LogP contribution in [0.5, 0.6) is 0 Å². The van der Waals surface area contributed by atoms with Gasteiger partial charge in [-0.05, 0) is 24.6 Å². The van der Waals surface area contributed by atoms with Crippen LogP contribution in [0.2, 0.25) is 0 Å². The molecule has 1 aromatic carbocycles. The predicted octanol–water partition coefficient (Wildman–Crippen LogP) is 2.94. The van der Waals surface area contributed by atoms with E-state index in [2.05, 4.69) is 10.4 Å². The number of hydrogen-bond donors (Lipinski definition) is 1. The molecule has 1 aromatic rings. The van der Waals surface area contributed by atoms with Gasteiger partial charge in [-0.3, -0.25) is 0 Å². The molecule has 6 heteroatoms. The molecule has 2 rings (SSSR count). The zero-order valence-electron chi connectivity index (χ0n) is 11.4. The van der Waals surface area contributed by atoms with Crippen LogP contribution in [0.1, 0.15) is 13.3 Å². The minimum Gasteiger partial charge on any atom is -0.473 e. The number of hydrazone groups is 1. The second kappa shape index (κ2) is 6.36. The molecule has 0 bridgehead atoms. The van der Waals surface area contributed by atoms with Gasteiger partial charge in [0.15, 0.2) is 6.61 Å². The van der Waals surface area contributed by atoms with Gasteiger partial charge in [0.2, 0.25) is 5.90 Å². The fourth-order valence-electron chi connectivity index (χ4n) is 2.00. The van der Waals surface area contributed by atoms with Gasteiger partial charge in [0.25, 0.3) is 6.43 Å². The van der Waals surface area contributed by atoms with E-state index >= 15 is 0 Å². The van der Waals surface area contributed by atoms with Crippen LogP contribution in [0.4, 0.5) is 14.5 Å². The molecule has 0 unspecified atom stereocenters. The van der Waals surface area contributed by atoms with Crippen molar-refractivity contribution < 1.29 is 13.5 Å².